The fraction of sp³-hybridized carbons (Fsp3) is 0.458. The molecule has 0 heterocycles. The Bertz CT molecular complexity index is 908. The van der Waals surface area contributed by atoms with Gasteiger partial charge in [0.05, 0.1) is 40.6 Å². The first-order valence-corrected chi connectivity index (χ1v) is 10.7. The third-order valence-corrected chi connectivity index (χ3v) is 4.88. The van der Waals surface area contributed by atoms with Gasteiger partial charge in [-0.15, -0.1) is 24.0 Å². The van der Waals surface area contributed by atoms with Gasteiger partial charge in [-0.3, -0.25) is 4.99 Å². The molecule has 0 radical (unpaired) electrons. The summed E-state index contributed by atoms with van der Waals surface area (Å²) in [5.74, 6) is 3.93. The number of methoxy groups -OCH3 is 3. The van der Waals surface area contributed by atoms with E-state index >= 15 is 0 Å². The van der Waals surface area contributed by atoms with Gasteiger partial charge >= 0.3 is 0 Å². The molecule has 2 aromatic rings. The van der Waals surface area contributed by atoms with E-state index in [2.05, 4.69) is 22.5 Å². The van der Waals surface area contributed by atoms with Gasteiger partial charge < -0.3 is 34.3 Å². The molecule has 0 amide bonds. The monoisotopic (exact) mass is 573 g/mol. The van der Waals surface area contributed by atoms with Gasteiger partial charge in [0.25, 0.3) is 0 Å². The molecule has 0 saturated carbocycles. The molecule has 184 valence electrons. The number of rotatable bonds is 11. The van der Waals surface area contributed by atoms with Gasteiger partial charge in [-0.1, -0.05) is 6.07 Å². The summed E-state index contributed by atoms with van der Waals surface area (Å²) in [6, 6.07) is 9.74. The van der Waals surface area contributed by atoms with E-state index in [0.717, 1.165) is 22.6 Å². The minimum atomic E-state index is -0.0108. The van der Waals surface area contributed by atoms with Crippen LogP contribution in [0.4, 0.5) is 0 Å². The molecule has 2 aromatic carbocycles. The van der Waals surface area contributed by atoms with Gasteiger partial charge in [0.15, 0.2) is 29.0 Å². The van der Waals surface area contributed by atoms with E-state index in [1.54, 1.807) is 28.4 Å². The molecule has 0 aromatic heterocycles. The van der Waals surface area contributed by atoms with Gasteiger partial charge in [0.2, 0.25) is 5.75 Å². The number of nitrogens with one attached hydrogen (secondary N) is 2. The van der Waals surface area contributed by atoms with Crippen molar-refractivity contribution in [3.63, 3.8) is 0 Å². The standard InChI is InChI=1S/C24H35N3O5.HI/c1-8-31-19-12-10-17(14-21(19)32-9-2)16(3)27-24(25-4)26-15-18-11-13-20(28-5)23(30-7)22(18)29-6;/h10-14,16H,8-9,15H2,1-7H3,(H2,25,26,27);1H. The number of halogens is 1. The third kappa shape index (κ3) is 7.48. The first kappa shape index (κ1) is 28.5. The van der Waals surface area contributed by atoms with Crippen LogP contribution in [0.25, 0.3) is 0 Å². The van der Waals surface area contributed by atoms with Crippen molar-refractivity contribution in [2.45, 2.75) is 33.4 Å². The summed E-state index contributed by atoms with van der Waals surface area (Å²) in [6.07, 6.45) is 0. The molecule has 9 heteroatoms. The Morgan fingerprint density at radius 2 is 1.52 bits per heavy atom. The number of nitrogens with zero attached hydrogens (tertiary/aromatic N) is 1. The van der Waals surface area contributed by atoms with E-state index in [4.69, 9.17) is 23.7 Å². The second-order valence-electron chi connectivity index (χ2n) is 6.86. The lowest BCUT2D eigenvalue weighted by atomic mass is 10.1. The Balaban J connectivity index is 0.00000544. The summed E-state index contributed by atoms with van der Waals surface area (Å²) in [6.45, 7) is 7.62. The zero-order valence-electron chi connectivity index (χ0n) is 20.5. The topological polar surface area (TPSA) is 82.6 Å². The van der Waals surface area contributed by atoms with Crippen molar-refractivity contribution >= 4 is 29.9 Å². The number of ether oxygens (including phenoxy) is 5. The maximum Gasteiger partial charge on any atom is 0.203 e. The van der Waals surface area contributed by atoms with Crippen LogP contribution in [-0.4, -0.2) is 47.6 Å². The third-order valence-electron chi connectivity index (χ3n) is 4.88. The summed E-state index contributed by atoms with van der Waals surface area (Å²) >= 11 is 0. The van der Waals surface area contributed by atoms with Crippen molar-refractivity contribution < 1.29 is 23.7 Å². The van der Waals surface area contributed by atoms with Crippen LogP contribution in [0.1, 0.15) is 37.9 Å². The predicted molar refractivity (Wildman–Crippen MR) is 142 cm³/mol. The van der Waals surface area contributed by atoms with Crippen LogP contribution in [0.2, 0.25) is 0 Å². The van der Waals surface area contributed by atoms with Gasteiger partial charge in [0.1, 0.15) is 0 Å². The van der Waals surface area contributed by atoms with E-state index in [1.165, 1.54) is 0 Å². The van der Waals surface area contributed by atoms with Crippen LogP contribution < -0.4 is 34.3 Å². The zero-order chi connectivity index (χ0) is 23.5. The quantitative estimate of drug-likeness (QED) is 0.232. The molecule has 2 N–H and O–H groups in total. The van der Waals surface area contributed by atoms with Crippen molar-refractivity contribution in [3.8, 4) is 28.7 Å². The summed E-state index contributed by atoms with van der Waals surface area (Å²) in [4.78, 5) is 4.35. The first-order chi connectivity index (χ1) is 15.5. The summed E-state index contributed by atoms with van der Waals surface area (Å²) in [5, 5.41) is 6.74. The highest BCUT2D eigenvalue weighted by molar-refractivity contribution is 14.0. The van der Waals surface area contributed by atoms with Gasteiger partial charge in [0, 0.05) is 19.2 Å². The predicted octanol–water partition coefficient (Wildman–Crippen LogP) is 4.55. The molecule has 1 unspecified atom stereocenters. The molecule has 0 fully saturated rings. The smallest absolute Gasteiger partial charge is 0.203 e. The minimum Gasteiger partial charge on any atom is -0.493 e. The molecular weight excluding hydrogens is 537 g/mol. The molecule has 1 atom stereocenters. The Morgan fingerprint density at radius 3 is 2.09 bits per heavy atom. The lowest BCUT2D eigenvalue weighted by Crippen LogP contribution is -2.38. The van der Waals surface area contributed by atoms with E-state index < -0.39 is 0 Å². The van der Waals surface area contributed by atoms with E-state index in [0.29, 0.717) is 43.0 Å². The number of benzene rings is 2. The lowest BCUT2D eigenvalue weighted by Gasteiger charge is -2.21. The maximum absolute atomic E-state index is 5.75. The van der Waals surface area contributed by atoms with Crippen molar-refractivity contribution in [1.29, 1.82) is 0 Å². The second-order valence-corrected chi connectivity index (χ2v) is 6.86. The van der Waals surface area contributed by atoms with E-state index in [1.807, 2.05) is 44.2 Å². The van der Waals surface area contributed by atoms with Crippen LogP contribution in [0.5, 0.6) is 28.7 Å². The van der Waals surface area contributed by atoms with Crippen LogP contribution in [0, 0.1) is 0 Å². The Hall–Kier alpha value is -2.56. The van der Waals surface area contributed by atoms with Crippen molar-refractivity contribution in [2.24, 2.45) is 4.99 Å². The zero-order valence-corrected chi connectivity index (χ0v) is 22.8. The van der Waals surface area contributed by atoms with Crippen LogP contribution in [-0.2, 0) is 6.54 Å². The summed E-state index contributed by atoms with van der Waals surface area (Å²) < 4.78 is 27.8. The van der Waals surface area contributed by atoms with Gasteiger partial charge in [-0.25, -0.2) is 0 Å². The van der Waals surface area contributed by atoms with Crippen LogP contribution >= 0.6 is 24.0 Å². The molecule has 33 heavy (non-hydrogen) atoms. The molecule has 0 aliphatic heterocycles. The molecule has 8 nitrogen and oxygen atoms in total. The SMILES string of the molecule is CCOc1ccc(C(C)NC(=NC)NCc2ccc(OC)c(OC)c2OC)cc1OCC.I. The van der Waals surface area contributed by atoms with Gasteiger partial charge in [-0.2, -0.15) is 0 Å². The second kappa shape index (κ2) is 14.6. The highest BCUT2D eigenvalue weighted by Gasteiger charge is 2.17. The molecular formula is C24H36IN3O5. The average molecular weight is 573 g/mol. The van der Waals surface area contributed by atoms with Crippen LogP contribution in [0.15, 0.2) is 35.3 Å². The molecule has 0 bridgehead atoms. The highest BCUT2D eigenvalue weighted by Crippen LogP contribution is 2.39. The summed E-state index contributed by atoms with van der Waals surface area (Å²) in [7, 11) is 6.53. The molecule has 0 aliphatic carbocycles. The Morgan fingerprint density at radius 1 is 0.879 bits per heavy atom. The number of hydrogen-bond donors (Lipinski definition) is 2. The van der Waals surface area contributed by atoms with E-state index in [-0.39, 0.29) is 30.0 Å². The van der Waals surface area contributed by atoms with Crippen molar-refractivity contribution in [2.75, 3.05) is 41.6 Å². The highest BCUT2D eigenvalue weighted by atomic mass is 127. The average Bonchev–Trinajstić information content (AvgIpc) is 2.82. The number of hydrogen-bond acceptors (Lipinski definition) is 6. The van der Waals surface area contributed by atoms with Crippen molar-refractivity contribution in [1.82, 2.24) is 10.6 Å². The fourth-order valence-electron chi connectivity index (χ4n) is 3.30. The fourth-order valence-corrected chi connectivity index (χ4v) is 3.30. The Labute approximate surface area is 214 Å². The van der Waals surface area contributed by atoms with Crippen LogP contribution in [0.3, 0.4) is 0 Å². The largest absolute Gasteiger partial charge is 0.493 e. The normalized spacial score (nSPS) is 11.7. The molecule has 0 aliphatic rings. The van der Waals surface area contributed by atoms with Gasteiger partial charge in [-0.05, 0) is 50.6 Å². The summed E-state index contributed by atoms with van der Waals surface area (Å²) in [5.41, 5.74) is 1.98. The van der Waals surface area contributed by atoms with Crippen molar-refractivity contribution in [3.05, 3.63) is 41.5 Å². The molecule has 0 saturated heterocycles. The van der Waals surface area contributed by atoms with E-state index in [9.17, 15) is 0 Å². The minimum absolute atomic E-state index is 0. The lowest BCUT2D eigenvalue weighted by molar-refractivity contribution is 0.287. The Kier molecular flexibility index (Phi) is 12.6. The maximum atomic E-state index is 5.75. The first-order valence-electron chi connectivity index (χ1n) is 10.7. The number of guanidine groups is 1. The number of aliphatic imine (C=N–C) groups is 1. The molecule has 0 spiro atoms. The molecule has 2 rings (SSSR count).